The Morgan fingerprint density at radius 2 is 1.85 bits per heavy atom. The number of aliphatic hydroxyl groups excluding tert-OH is 3. The van der Waals surface area contributed by atoms with Crippen LogP contribution in [0.15, 0.2) is 48.5 Å². The van der Waals surface area contributed by atoms with Crippen molar-refractivity contribution in [3.8, 4) is 0 Å². The molecule has 6 heteroatoms. The summed E-state index contributed by atoms with van der Waals surface area (Å²) in [5.74, 6) is -0.131. The topological polar surface area (TPSA) is 99.0 Å². The maximum atomic E-state index is 11.8. The van der Waals surface area contributed by atoms with Gasteiger partial charge in [0.1, 0.15) is 12.2 Å². The van der Waals surface area contributed by atoms with Crippen molar-refractivity contribution in [2.45, 2.75) is 37.3 Å². The lowest BCUT2D eigenvalue weighted by molar-refractivity contribution is -0.179. The number of nitrogens with one attached hydrogen (secondary N) is 1. The van der Waals surface area contributed by atoms with Gasteiger partial charge in [0.2, 0.25) is 0 Å². The Morgan fingerprint density at radius 1 is 1.15 bits per heavy atom. The molecule has 6 nitrogen and oxygen atoms in total. The van der Waals surface area contributed by atoms with Crippen LogP contribution in [0.25, 0.3) is 0 Å². The van der Waals surface area contributed by atoms with E-state index in [4.69, 9.17) is 4.74 Å². The van der Waals surface area contributed by atoms with E-state index in [2.05, 4.69) is 5.32 Å². The lowest BCUT2D eigenvalue weighted by Crippen LogP contribution is -2.44. The summed E-state index contributed by atoms with van der Waals surface area (Å²) < 4.78 is 5.76. The molecule has 4 atom stereocenters. The molecule has 0 saturated carbocycles. The summed E-state index contributed by atoms with van der Waals surface area (Å²) in [6.07, 6.45) is -2.34. The minimum Gasteiger partial charge on any atom is -0.394 e. The van der Waals surface area contributed by atoms with Crippen LogP contribution in [0.3, 0.4) is 0 Å². The number of amides is 1. The first-order valence-electron chi connectivity index (χ1n) is 9.04. The van der Waals surface area contributed by atoms with Crippen LogP contribution in [-0.4, -0.2) is 53.2 Å². The molecular formula is C21H25NO5. The van der Waals surface area contributed by atoms with Gasteiger partial charge in [-0.1, -0.05) is 36.4 Å². The van der Waals surface area contributed by atoms with Crippen LogP contribution in [0.2, 0.25) is 0 Å². The number of aliphatic hydroxyl groups is 3. The molecule has 1 aliphatic heterocycles. The van der Waals surface area contributed by atoms with Gasteiger partial charge in [0, 0.05) is 19.0 Å². The average molecular weight is 371 g/mol. The van der Waals surface area contributed by atoms with Crippen LogP contribution >= 0.6 is 0 Å². The first kappa shape index (κ1) is 19.5. The zero-order chi connectivity index (χ0) is 19.4. The summed E-state index contributed by atoms with van der Waals surface area (Å²) in [4.78, 5) is 11.8. The minimum absolute atomic E-state index is 0.131. The fourth-order valence-corrected chi connectivity index (χ4v) is 3.43. The molecule has 0 aromatic heterocycles. The SMILES string of the molecule is CNC(=O)c1cccc(Cc2cccc(C3OC(CO)CC(O)C3O)c2)c1. The Balaban J connectivity index is 1.80. The standard InChI is InChI=1S/C21H25NO5/c1-22-21(26)16-7-3-5-14(10-16)8-13-4-2-6-15(9-13)20-19(25)18(24)11-17(12-23)27-20/h2-7,9-10,17-20,23-25H,8,11-12H2,1H3,(H,22,26). The highest BCUT2D eigenvalue weighted by Crippen LogP contribution is 2.32. The fraction of sp³-hybridized carbons (Fsp3) is 0.381. The Hall–Kier alpha value is -2.25. The number of hydrogen-bond donors (Lipinski definition) is 4. The summed E-state index contributed by atoms with van der Waals surface area (Å²) in [7, 11) is 1.60. The molecule has 1 aliphatic rings. The van der Waals surface area contributed by atoms with Gasteiger partial charge in [-0.15, -0.1) is 0 Å². The largest absolute Gasteiger partial charge is 0.394 e. The lowest BCUT2D eigenvalue weighted by atomic mass is 9.91. The molecule has 1 fully saturated rings. The molecule has 0 radical (unpaired) electrons. The number of ether oxygens (including phenoxy) is 1. The molecule has 1 amide bonds. The van der Waals surface area contributed by atoms with Crippen molar-refractivity contribution in [1.29, 1.82) is 0 Å². The monoisotopic (exact) mass is 371 g/mol. The highest BCUT2D eigenvalue weighted by Gasteiger charge is 2.37. The molecule has 2 aromatic rings. The average Bonchev–Trinajstić information content (AvgIpc) is 2.69. The van der Waals surface area contributed by atoms with Crippen molar-refractivity contribution in [3.63, 3.8) is 0 Å². The Bertz CT molecular complexity index is 794. The van der Waals surface area contributed by atoms with E-state index < -0.39 is 24.4 Å². The Morgan fingerprint density at radius 3 is 2.56 bits per heavy atom. The predicted octanol–water partition coefficient (Wildman–Crippen LogP) is 1.18. The quantitative estimate of drug-likeness (QED) is 0.633. The van der Waals surface area contributed by atoms with Gasteiger partial charge in [-0.3, -0.25) is 4.79 Å². The molecular weight excluding hydrogens is 346 g/mol. The number of carbonyl (C=O) groups is 1. The van der Waals surface area contributed by atoms with Crippen LogP contribution in [0.5, 0.6) is 0 Å². The van der Waals surface area contributed by atoms with Gasteiger partial charge < -0.3 is 25.4 Å². The van der Waals surface area contributed by atoms with Crippen LogP contribution in [0.4, 0.5) is 0 Å². The van der Waals surface area contributed by atoms with E-state index in [-0.39, 0.29) is 18.9 Å². The van der Waals surface area contributed by atoms with E-state index in [1.165, 1.54) is 0 Å². The lowest BCUT2D eigenvalue weighted by Gasteiger charge is -2.37. The first-order valence-corrected chi connectivity index (χ1v) is 9.04. The van der Waals surface area contributed by atoms with Crippen molar-refractivity contribution >= 4 is 5.91 Å². The van der Waals surface area contributed by atoms with Gasteiger partial charge in [0.05, 0.1) is 18.8 Å². The molecule has 0 aliphatic carbocycles. The van der Waals surface area contributed by atoms with E-state index in [1.807, 2.05) is 42.5 Å². The number of hydrogen-bond acceptors (Lipinski definition) is 5. The molecule has 0 spiro atoms. The van der Waals surface area contributed by atoms with Gasteiger partial charge in [-0.05, 0) is 35.2 Å². The smallest absolute Gasteiger partial charge is 0.251 e. The van der Waals surface area contributed by atoms with Gasteiger partial charge >= 0.3 is 0 Å². The summed E-state index contributed by atoms with van der Waals surface area (Å²) in [5, 5.41) is 32.3. The normalized spacial score (nSPS) is 25.2. The first-order chi connectivity index (χ1) is 13.0. The van der Waals surface area contributed by atoms with Crippen molar-refractivity contribution in [2.24, 2.45) is 0 Å². The van der Waals surface area contributed by atoms with Crippen molar-refractivity contribution in [2.75, 3.05) is 13.7 Å². The van der Waals surface area contributed by atoms with Crippen molar-refractivity contribution in [1.82, 2.24) is 5.32 Å². The molecule has 1 heterocycles. The zero-order valence-electron chi connectivity index (χ0n) is 15.2. The zero-order valence-corrected chi connectivity index (χ0v) is 15.2. The van der Waals surface area contributed by atoms with Crippen molar-refractivity contribution < 1.29 is 24.9 Å². The van der Waals surface area contributed by atoms with Gasteiger partial charge in [0.25, 0.3) is 5.91 Å². The van der Waals surface area contributed by atoms with E-state index >= 15 is 0 Å². The third-order valence-corrected chi connectivity index (χ3v) is 4.86. The Kier molecular flexibility index (Phi) is 6.23. The maximum Gasteiger partial charge on any atom is 0.251 e. The number of rotatable bonds is 5. The maximum absolute atomic E-state index is 11.8. The second kappa shape index (κ2) is 8.63. The fourth-order valence-electron chi connectivity index (χ4n) is 3.43. The summed E-state index contributed by atoms with van der Waals surface area (Å²) in [6, 6.07) is 15.0. The molecule has 144 valence electrons. The third-order valence-electron chi connectivity index (χ3n) is 4.86. The Labute approximate surface area is 158 Å². The van der Waals surface area contributed by atoms with Gasteiger partial charge in [0.15, 0.2) is 0 Å². The molecule has 27 heavy (non-hydrogen) atoms. The second-order valence-electron chi connectivity index (χ2n) is 6.86. The van der Waals surface area contributed by atoms with E-state index in [0.29, 0.717) is 12.0 Å². The summed E-state index contributed by atoms with van der Waals surface area (Å²) >= 11 is 0. The van der Waals surface area contributed by atoms with Gasteiger partial charge in [-0.2, -0.15) is 0 Å². The van der Waals surface area contributed by atoms with E-state index in [9.17, 15) is 20.1 Å². The van der Waals surface area contributed by atoms with Crippen molar-refractivity contribution in [3.05, 3.63) is 70.8 Å². The van der Waals surface area contributed by atoms with Gasteiger partial charge in [-0.25, -0.2) is 0 Å². The minimum atomic E-state index is -1.04. The number of benzene rings is 2. The number of carbonyl (C=O) groups excluding carboxylic acids is 1. The van der Waals surface area contributed by atoms with Crippen LogP contribution in [0, 0.1) is 0 Å². The van der Waals surface area contributed by atoms with E-state index in [1.54, 1.807) is 13.1 Å². The summed E-state index contributed by atoms with van der Waals surface area (Å²) in [5.41, 5.74) is 3.34. The molecule has 0 bridgehead atoms. The molecule has 2 aromatic carbocycles. The second-order valence-corrected chi connectivity index (χ2v) is 6.86. The predicted molar refractivity (Wildman–Crippen MR) is 100 cm³/mol. The summed E-state index contributed by atoms with van der Waals surface area (Å²) in [6.45, 7) is -0.202. The molecule has 4 unspecified atom stereocenters. The van der Waals surface area contributed by atoms with Crippen LogP contribution in [-0.2, 0) is 11.2 Å². The highest BCUT2D eigenvalue weighted by molar-refractivity contribution is 5.94. The molecule has 1 saturated heterocycles. The van der Waals surface area contributed by atoms with Crippen LogP contribution < -0.4 is 5.32 Å². The highest BCUT2D eigenvalue weighted by atomic mass is 16.5. The molecule has 4 N–H and O–H groups in total. The van der Waals surface area contributed by atoms with E-state index in [0.717, 1.165) is 16.7 Å². The molecule has 3 rings (SSSR count). The van der Waals surface area contributed by atoms with Crippen LogP contribution in [0.1, 0.15) is 39.6 Å². The third kappa shape index (κ3) is 4.54.